The number of hydrogen-bond donors (Lipinski definition) is 1. The van der Waals surface area contributed by atoms with Crippen LogP contribution in [0.25, 0.3) is 0 Å². The van der Waals surface area contributed by atoms with Gasteiger partial charge in [-0.1, -0.05) is 36.4 Å². The summed E-state index contributed by atoms with van der Waals surface area (Å²) in [6.07, 6.45) is 3.65. The molecule has 4 heteroatoms. The van der Waals surface area contributed by atoms with E-state index in [9.17, 15) is 4.79 Å². The lowest BCUT2D eigenvalue weighted by Crippen LogP contribution is -2.39. The second-order valence-corrected chi connectivity index (χ2v) is 7.02. The molecule has 0 aromatic heterocycles. The third-order valence-electron chi connectivity index (χ3n) is 5.10. The molecule has 0 aliphatic carbocycles. The number of carbonyl (C=O) groups excluding carboxylic acids is 1. The van der Waals surface area contributed by atoms with E-state index in [4.69, 9.17) is 5.73 Å². The Morgan fingerprint density at radius 3 is 1.58 bits per heavy atom. The van der Waals surface area contributed by atoms with Crippen molar-refractivity contribution < 1.29 is 4.79 Å². The molecule has 0 amide bonds. The first-order chi connectivity index (χ1) is 12.7. The fourth-order valence-electron chi connectivity index (χ4n) is 3.45. The molecule has 2 saturated heterocycles. The zero-order valence-corrected chi connectivity index (χ0v) is 15.4. The number of piperidine rings is 2. The van der Waals surface area contributed by atoms with Crippen molar-refractivity contribution >= 4 is 17.2 Å². The molecule has 2 aliphatic heterocycles. The number of carbonyl (C=O) groups is 1. The van der Waals surface area contributed by atoms with E-state index in [1.54, 1.807) is 0 Å². The Kier molecular flexibility index (Phi) is 6.67. The molecule has 4 nitrogen and oxygen atoms in total. The van der Waals surface area contributed by atoms with Gasteiger partial charge in [0, 0.05) is 56.4 Å². The van der Waals surface area contributed by atoms with Crippen molar-refractivity contribution in [2.45, 2.75) is 31.7 Å². The summed E-state index contributed by atoms with van der Waals surface area (Å²) in [5.41, 5.74) is 8.41. The van der Waals surface area contributed by atoms with Gasteiger partial charge in [0.15, 0.2) is 0 Å². The van der Waals surface area contributed by atoms with Gasteiger partial charge in [0.2, 0.25) is 0 Å². The summed E-state index contributed by atoms with van der Waals surface area (Å²) in [6, 6.07) is 21.2. The Morgan fingerprint density at radius 1 is 0.692 bits per heavy atom. The van der Waals surface area contributed by atoms with Crippen LogP contribution >= 0.6 is 0 Å². The van der Waals surface area contributed by atoms with Crippen LogP contribution in [-0.2, 0) is 4.79 Å². The van der Waals surface area contributed by atoms with Gasteiger partial charge in [-0.25, -0.2) is 0 Å². The van der Waals surface area contributed by atoms with Crippen LogP contribution in [0.1, 0.15) is 25.7 Å². The molecule has 26 heavy (non-hydrogen) atoms. The Bertz CT molecular complexity index is 656. The van der Waals surface area contributed by atoms with Gasteiger partial charge in [0.1, 0.15) is 5.78 Å². The lowest BCUT2D eigenvalue weighted by atomic mass is 10.1. The molecule has 2 aromatic carbocycles. The zero-order valence-electron chi connectivity index (χ0n) is 15.4. The van der Waals surface area contributed by atoms with E-state index < -0.39 is 0 Å². The highest BCUT2D eigenvalue weighted by molar-refractivity contribution is 5.81. The van der Waals surface area contributed by atoms with Crippen LogP contribution in [0.4, 0.5) is 11.4 Å². The summed E-state index contributed by atoms with van der Waals surface area (Å²) in [7, 11) is 0. The fourth-order valence-corrected chi connectivity index (χ4v) is 3.45. The normalized spacial score (nSPS) is 18.3. The second kappa shape index (κ2) is 9.39. The molecule has 0 radical (unpaired) electrons. The SMILES string of the molecule is NC1CCN(c2ccccc2)CC1.O=C1CCN(c2ccccc2)CC1. The Labute approximate surface area is 156 Å². The van der Waals surface area contributed by atoms with Gasteiger partial charge < -0.3 is 15.5 Å². The number of anilines is 2. The van der Waals surface area contributed by atoms with Crippen LogP contribution in [0.15, 0.2) is 60.7 Å². The standard InChI is InChI=1S/C11H16N2.C11H13NO/c12-10-6-8-13(9-7-10)11-4-2-1-3-5-11;13-11-6-8-12(9-7-11)10-4-2-1-3-5-10/h1-5,10H,6-9,12H2;1-5H,6-9H2. The van der Waals surface area contributed by atoms with Crippen LogP contribution in [0.2, 0.25) is 0 Å². The molecule has 2 fully saturated rings. The van der Waals surface area contributed by atoms with Crippen LogP contribution in [0.5, 0.6) is 0 Å². The van der Waals surface area contributed by atoms with Crippen LogP contribution < -0.4 is 15.5 Å². The van der Waals surface area contributed by atoms with E-state index in [0.717, 1.165) is 39.0 Å². The maximum atomic E-state index is 11.0. The molecule has 0 unspecified atom stereocenters. The highest BCUT2D eigenvalue weighted by Crippen LogP contribution is 2.18. The predicted octanol–water partition coefficient (Wildman–Crippen LogP) is 3.47. The van der Waals surface area contributed by atoms with Crippen molar-refractivity contribution in [1.29, 1.82) is 0 Å². The monoisotopic (exact) mass is 351 g/mol. The summed E-state index contributed by atoms with van der Waals surface area (Å²) < 4.78 is 0. The summed E-state index contributed by atoms with van der Waals surface area (Å²) in [4.78, 5) is 15.7. The Balaban J connectivity index is 0.000000151. The fraction of sp³-hybridized carbons (Fsp3) is 0.409. The van der Waals surface area contributed by atoms with E-state index in [0.29, 0.717) is 24.7 Å². The summed E-state index contributed by atoms with van der Waals surface area (Å²) in [6.45, 7) is 3.96. The molecule has 0 bridgehead atoms. The number of rotatable bonds is 2. The number of hydrogen-bond acceptors (Lipinski definition) is 4. The summed E-state index contributed by atoms with van der Waals surface area (Å²) >= 11 is 0. The van der Waals surface area contributed by atoms with E-state index in [-0.39, 0.29) is 0 Å². The molecule has 2 N–H and O–H groups in total. The highest BCUT2D eigenvalue weighted by Gasteiger charge is 2.16. The quantitative estimate of drug-likeness (QED) is 0.900. The highest BCUT2D eigenvalue weighted by atomic mass is 16.1. The van der Waals surface area contributed by atoms with Crippen LogP contribution in [-0.4, -0.2) is 38.0 Å². The third-order valence-corrected chi connectivity index (χ3v) is 5.10. The smallest absolute Gasteiger partial charge is 0.136 e. The molecular weight excluding hydrogens is 322 g/mol. The minimum atomic E-state index is 0.396. The average Bonchev–Trinajstić information content (AvgIpc) is 2.71. The molecule has 0 spiro atoms. The van der Waals surface area contributed by atoms with Gasteiger partial charge in [-0.3, -0.25) is 4.79 Å². The second-order valence-electron chi connectivity index (χ2n) is 7.02. The first-order valence-corrected chi connectivity index (χ1v) is 9.59. The van der Waals surface area contributed by atoms with E-state index in [1.807, 2.05) is 18.2 Å². The van der Waals surface area contributed by atoms with E-state index >= 15 is 0 Å². The van der Waals surface area contributed by atoms with Crippen molar-refractivity contribution in [3.63, 3.8) is 0 Å². The molecule has 0 atom stereocenters. The molecular formula is C22H29N3O. The van der Waals surface area contributed by atoms with Gasteiger partial charge in [-0.05, 0) is 37.1 Å². The number of nitrogens with two attached hydrogens (primary N) is 1. The molecule has 4 rings (SSSR count). The largest absolute Gasteiger partial charge is 0.371 e. The Hall–Kier alpha value is -2.33. The van der Waals surface area contributed by atoms with Crippen molar-refractivity contribution in [1.82, 2.24) is 0 Å². The topological polar surface area (TPSA) is 49.6 Å². The molecule has 2 heterocycles. The van der Waals surface area contributed by atoms with Crippen LogP contribution in [0.3, 0.4) is 0 Å². The van der Waals surface area contributed by atoms with Crippen molar-refractivity contribution in [2.75, 3.05) is 36.0 Å². The third kappa shape index (κ3) is 5.33. The summed E-state index contributed by atoms with van der Waals surface area (Å²) in [5, 5.41) is 0. The average molecular weight is 351 g/mol. The van der Waals surface area contributed by atoms with Gasteiger partial charge in [-0.2, -0.15) is 0 Å². The number of para-hydroxylation sites is 2. The number of Topliss-reactive ketones (excluding diaryl/α,β-unsaturated/α-hetero) is 1. The summed E-state index contributed by atoms with van der Waals surface area (Å²) in [5.74, 6) is 0.396. The van der Waals surface area contributed by atoms with Crippen molar-refractivity contribution in [3.05, 3.63) is 60.7 Å². The molecule has 2 aromatic rings. The first kappa shape index (κ1) is 18.5. The number of ketones is 1. The van der Waals surface area contributed by atoms with E-state index in [1.165, 1.54) is 11.4 Å². The lowest BCUT2D eigenvalue weighted by Gasteiger charge is -2.31. The van der Waals surface area contributed by atoms with Gasteiger partial charge in [0.05, 0.1) is 0 Å². The van der Waals surface area contributed by atoms with Gasteiger partial charge >= 0.3 is 0 Å². The van der Waals surface area contributed by atoms with Crippen molar-refractivity contribution in [2.24, 2.45) is 5.73 Å². The maximum Gasteiger partial charge on any atom is 0.136 e. The predicted molar refractivity (Wildman–Crippen MR) is 109 cm³/mol. The molecule has 138 valence electrons. The van der Waals surface area contributed by atoms with Gasteiger partial charge in [-0.15, -0.1) is 0 Å². The van der Waals surface area contributed by atoms with E-state index in [2.05, 4.69) is 52.3 Å². The molecule has 0 saturated carbocycles. The Morgan fingerprint density at radius 2 is 1.12 bits per heavy atom. The number of benzene rings is 2. The zero-order chi connectivity index (χ0) is 18.2. The van der Waals surface area contributed by atoms with Gasteiger partial charge in [0.25, 0.3) is 0 Å². The minimum Gasteiger partial charge on any atom is -0.371 e. The lowest BCUT2D eigenvalue weighted by molar-refractivity contribution is -0.119. The first-order valence-electron chi connectivity index (χ1n) is 9.59. The number of nitrogens with zero attached hydrogens (tertiary/aromatic N) is 2. The van der Waals surface area contributed by atoms with Crippen LogP contribution in [0, 0.1) is 0 Å². The minimum absolute atomic E-state index is 0.396. The maximum absolute atomic E-state index is 11.0. The molecule has 2 aliphatic rings. The van der Waals surface area contributed by atoms with Crippen molar-refractivity contribution in [3.8, 4) is 0 Å².